The first-order valence-electron chi connectivity index (χ1n) is 8.22. The fraction of sp³-hybridized carbons (Fsp3) is 0.421. The predicted octanol–water partition coefficient (Wildman–Crippen LogP) is 3.90. The van der Waals surface area contributed by atoms with Crippen LogP contribution in [0, 0.1) is 5.92 Å². The van der Waals surface area contributed by atoms with Gasteiger partial charge in [0, 0.05) is 24.0 Å². The Labute approximate surface area is 132 Å². The second kappa shape index (κ2) is 6.93. The van der Waals surface area contributed by atoms with Crippen LogP contribution >= 0.6 is 0 Å². The van der Waals surface area contributed by atoms with Crippen LogP contribution in [0.4, 0.5) is 5.69 Å². The highest BCUT2D eigenvalue weighted by atomic mass is 16.1. The van der Waals surface area contributed by atoms with E-state index in [0.717, 1.165) is 42.0 Å². The van der Waals surface area contributed by atoms with E-state index in [4.69, 9.17) is 0 Å². The van der Waals surface area contributed by atoms with Crippen LogP contribution in [0.15, 0.2) is 42.5 Å². The van der Waals surface area contributed by atoms with Crippen molar-refractivity contribution in [2.45, 2.75) is 26.2 Å². The molecule has 0 aromatic heterocycles. The third-order valence-corrected chi connectivity index (χ3v) is 4.60. The lowest BCUT2D eigenvalue weighted by atomic mass is 9.99. The average Bonchev–Trinajstić information content (AvgIpc) is 2.55. The van der Waals surface area contributed by atoms with Gasteiger partial charge in [0.15, 0.2) is 0 Å². The van der Waals surface area contributed by atoms with Gasteiger partial charge in [-0.25, -0.2) is 0 Å². The molecule has 1 aliphatic heterocycles. The number of rotatable bonds is 4. The van der Waals surface area contributed by atoms with Crippen LogP contribution < -0.4 is 5.32 Å². The Morgan fingerprint density at radius 1 is 1.14 bits per heavy atom. The molecule has 2 aromatic rings. The summed E-state index contributed by atoms with van der Waals surface area (Å²) < 4.78 is 0. The van der Waals surface area contributed by atoms with Gasteiger partial charge in [0.25, 0.3) is 0 Å². The molecule has 1 saturated heterocycles. The molecule has 3 heteroatoms. The van der Waals surface area contributed by atoms with E-state index in [-0.39, 0.29) is 5.91 Å². The molecule has 116 valence electrons. The predicted molar refractivity (Wildman–Crippen MR) is 92.0 cm³/mol. The van der Waals surface area contributed by atoms with E-state index in [1.807, 2.05) is 24.3 Å². The Bertz CT molecular complexity index is 639. The molecule has 1 fully saturated rings. The second-order valence-electron chi connectivity index (χ2n) is 6.35. The maximum absolute atomic E-state index is 12.2. The minimum atomic E-state index is 0.106. The topological polar surface area (TPSA) is 32.3 Å². The molecule has 1 heterocycles. The molecule has 1 amide bonds. The largest absolute Gasteiger partial charge is 0.325 e. The summed E-state index contributed by atoms with van der Waals surface area (Å²) in [4.78, 5) is 14.6. The number of carbonyl (C=O) groups is 1. The van der Waals surface area contributed by atoms with Crippen molar-refractivity contribution in [3.05, 3.63) is 42.5 Å². The highest BCUT2D eigenvalue weighted by molar-refractivity contribution is 6.02. The molecule has 1 aliphatic rings. The number of piperidine rings is 1. The summed E-state index contributed by atoms with van der Waals surface area (Å²) in [5.41, 5.74) is 0.912. The van der Waals surface area contributed by atoms with Crippen LogP contribution in [0.3, 0.4) is 0 Å². The first-order valence-corrected chi connectivity index (χ1v) is 8.22. The fourth-order valence-corrected chi connectivity index (χ4v) is 3.09. The molecule has 3 rings (SSSR count). The van der Waals surface area contributed by atoms with Crippen LogP contribution in [0.2, 0.25) is 0 Å². The number of hydrogen-bond acceptors (Lipinski definition) is 2. The fourth-order valence-electron chi connectivity index (χ4n) is 3.09. The summed E-state index contributed by atoms with van der Waals surface area (Å²) in [7, 11) is 0. The van der Waals surface area contributed by atoms with Crippen LogP contribution in [0.5, 0.6) is 0 Å². The Balaban J connectivity index is 1.57. The van der Waals surface area contributed by atoms with Crippen molar-refractivity contribution >= 4 is 22.4 Å². The second-order valence-corrected chi connectivity index (χ2v) is 6.35. The molecule has 0 radical (unpaired) electrons. The van der Waals surface area contributed by atoms with Crippen LogP contribution in [0.1, 0.15) is 26.2 Å². The number of hydrogen-bond donors (Lipinski definition) is 1. The highest BCUT2D eigenvalue weighted by Crippen LogP contribution is 2.23. The molecular formula is C19H24N2O. The summed E-state index contributed by atoms with van der Waals surface area (Å²) in [6.07, 6.45) is 3.08. The third kappa shape index (κ3) is 3.66. The minimum absolute atomic E-state index is 0.106. The number of likely N-dealkylation sites (tertiary alicyclic amines) is 1. The van der Waals surface area contributed by atoms with Gasteiger partial charge >= 0.3 is 0 Å². The van der Waals surface area contributed by atoms with Gasteiger partial charge in [-0.05, 0) is 43.3 Å². The SMILES string of the molecule is CC1CCN(CCC(=O)Nc2cccc3ccccc23)CC1. The molecular weight excluding hydrogens is 272 g/mol. The quantitative estimate of drug-likeness (QED) is 0.928. The zero-order valence-corrected chi connectivity index (χ0v) is 13.2. The molecule has 0 spiro atoms. The molecule has 0 bridgehead atoms. The third-order valence-electron chi connectivity index (χ3n) is 4.60. The number of benzene rings is 2. The van der Waals surface area contributed by atoms with Gasteiger partial charge in [0.2, 0.25) is 5.91 Å². The standard InChI is InChI=1S/C19H24N2O/c1-15-9-12-21(13-10-15)14-11-19(22)20-18-8-4-6-16-5-2-3-7-17(16)18/h2-8,15H,9-14H2,1H3,(H,20,22). The van der Waals surface area contributed by atoms with Gasteiger partial charge < -0.3 is 10.2 Å². The number of amides is 1. The lowest BCUT2D eigenvalue weighted by Gasteiger charge is -2.29. The maximum Gasteiger partial charge on any atom is 0.225 e. The van der Waals surface area contributed by atoms with E-state index < -0.39 is 0 Å². The zero-order valence-electron chi connectivity index (χ0n) is 13.2. The zero-order chi connectivity index (χ0) is 15.4. The van der Waals surface area contributed by atoms with Gasteiger partial charge in [-0.15, -0.1) is 0 Å². The Morgan fingerprint density at radius 3 is 2.68 bits per heavy atom. The summed E-state index contributed by atoms with van der Waals surface area (Å²) in [6.45, 7) is 5.43. The molecule has 22 heavy (non-hydrogen) atoms. The van der Waals surface area contributed by atoms with E-state index in [9.17, 15) is 4.79 Å². The van der Waals surface area contributed by atoms with E-state index in [1.54, 1.807) is 0 Å². The molecule has 3 nitrogen and oxygen atoms in total. The first-order chi connectivity index (χ1) is 10.7. The number of anilines is 1. The Kier molecular flexibility index (Phi) is 4.74. The smallest absolute Gasteiger partial charge is 0.225 e. The van der Waals surface area contributed by atoms with E-state index in [1.165, 1.54) is 12.8 Å². The Morgan fingerprint density at radius 2 is 1.86 bits per heavy atom. The minimum Gasteiger partial charge on any atom is -0.325 e. The van der Waals surface area contributed by atoms with Gasteiger partial charge in [0.1, 0.15) is 0 Å². The van der Waals surface area contributed by atoms with Crippen molar-refractivity contribution in [3.8, 4) is 0 Å². The summed E-state index contributed by atoms with van der Waals surface area (Å²) in [6, 6.07) is 14.2. The summed E-state index contributed by atoms with van der Waals surface area (Å²) >= 11 is 0. The van der Waals surface area contributed by atoms with Gasteiger partial charge in [-0.1, -0.05) is 43.3 Å². The molecule has 0 saturated carbocycles. The van der Waals surface area contributed by atoms with Crippen molar-refractivity contribution < 1.29 is 4.79 Å². The molecule has 0 unspecified atom stereocenters. The number of carbonyl (C=O) groups excluding carboxylic acids is 1. The van der Waals surface area contributed by atoms with Crippen LogP contribution in [0.25, 0.3) is 10.8 Å². The van der Waals surface area contributed by atoms with Crippen LogP contribution in [-0.4, -0.2) is 30.4 Å². The van der Waals surface area contributed by atoms with Crippen LogP contribution in [-0.2, 0) is 4.79 Å². The van der Waals surface area contributed by atoms with Gasteiger partial charge in [-0.2, -0.15) is 0 Å². The molecule has 2 aromatic carbocycles. The lowest BCUT2D eigenvalue weighted by molar-refractivity contribution is -0.116. The van der Waals surface area contributed by atoms with Crippen molar-refractivity contribution in [3.63, 3.8) is 0 Å². The van der Waals surface area contributed by atoms with E-state index >= 15 is 0 Å². The van der Waals surface area contributed by atoms with Gasteiger partial charge in [0.05, 0.1) is 0 Å². The van der Waals surface area contributed by atoms with Crippen molar-refractivity contribution in [1.29, 1.82) is 0 Å². The van der Waals surface area contributed by atoms with E-state index in [2.05, 4.69) is 35.3 Å². The molecule has 0 atom stereocenters. The molecule has 1 N–H and O–H groups in total. The van der Waals surface area contributed by atoms with Crippen molar-refractivity contribution in [2.24, 2.45) is 5.92 Å². The van der Waals surface area contributed by atoms with Gasteiger partial charge in [-0.3, -0.25) is 4.79 Å². The van der Waals surface area contributed by atoms with E-state index in [0.29, 0.717) is 6.42 Å². The highest BCUT2D eigenvalue weighted by Gasteiger charge is 2.16. The van der Waals surface area contributed by atoms with Crippen molar-refractivity contribution in [2.75, 3.05) is 25.0 Å². The number of nitrogens with one attached hydrogen (secondary N) is 1. The average molecular weight is 296 g/mol. The number of nitrogens with zero attached hydrogens (tertiary/aromatic N) is 1. The molecule has 0 aliphatic carbocycles. The first kappa shape index (κ1) is 15.0. The summed E-state index contributed by atoms with van der Waals surface area (Å²) in [5, 5.41) is 5.33. The maximum atomic E-state index is 12.2. The number of fused-ring (bicyclic) bond motifs is 1. The lowest BCUT2D eigenvalue weighted by Crippen LogP contribution is -2.35. The monoisotopic (exact) mass is 296 g/mol. The Hall–Kier alpha value is -1.87. The van der Waals surface area contributed by atoms with Crippen molar-refractivity contribution in [1.82, 2.24) is 4.90 Å². The normalized spacial score (nSPS) is 16.8. The summed E-state index contributed by atoms with van der Waals surface area (Å²) in [5.74, 6) is 0.940.